The van der Waals surface area contributed by atoms with Gasteiger partial charge in [-0.05, 0) is 30.5 Å². The zero-order valence-corrected chi connectivity index (χ0v) is 17.1. The van der Waals surface area contributed by atoms with Crippen LogP contribution in [0.5, 0.6) is 0 Å². The fraction of sp³-hybridized carbons (Fsp3) is 0.273. The first-order valence-electron chi connectivity index (χ1n) is 9.62. The van der Waals surface area contributed by atoms with Crippen molar-refractivity contribution >= 4 is 12.4 Å². The van der Waals surface area contributed by atoms with Gasteiger partial charge in [0.15, 0.2) is 0 Å². The molecule has 0 fully saturated rings. The average Bonchev–Trinajstić information content (AvgIpc) is 3.26. The molecule has 3 rings (SSSR count). The van der Waals surface area contributed by atoms with E-state index in [0.717, 1.165) is 17.7 Å². The van der Waals surface area contributed by atoms with Gasteiger partial charge in [-0.15, -0.1) is 0 Å². The fourth-order valence-electron chi connectivity index (χ4n) is 3.06. The van der Waals surface area contributed by atoms with Crippen molar-refractivity contribution in [1.29, 1.82) is 0 Å². The van der Waals surface area contributed by atoms with Crippen molar-refractivity contribution in [1.82, 2.24) is 15.3 Å². The summed E-state index contributed by atoms with van der Waals surface area (Å²) in [4.78, 5) is 40.2. The average molecular weight is 427 g/mol. The topological polar surface area (TPSA) is 146 Å². The van der Waals surface area contributed by atoms with Crippen molar-refractivity contribution in [3.63, 3.8) is 0 Å². The number of nitrogens with zero attached hydrogens (tertiary/aromatic N) is 1. The van der Waals surface area contributed by atoms with Gasteiger partial charge in [-0.2, -0.15) is 0 Å². The lowest BCUT2D eigenvalue weighted by Crippen LogP contribution is -2.41. The Kier molecular flexibility index (Phi) is 9.18. The number of aromatic amines is 1. The summed E-state index contributed by atoms with van der Waals surface area (Å²) < 4.78 is 5.36. The van der Waals surface area contributed by atoms with Crippen molar-refractivity contribution in [2.75, 3.05) is 6.61 Å². The van der Waals surface area contributed by atoms with Gasteiger partial charge in [0.2, 0.25) is 0 Å². The van der Waals surface area contributed by atoms with Crippen molar-refractivity contribution in [3.05, 3.63) is 87.5 Å². The molecule has 164 valence electrons. The molecule has 1 atom stereocenters. The van der Waals surface area contributed by atoms with E-state index >= 15 is 0 Å². The standard InChI is InChI=1S/C21H23N3O4.CH2O2/c1-14-9-18(8-7-15-5-3-2-4-6-15)28-21(27)19(14)20(26)24-17(12-25)10-16-11-22-13-23-16;2-1-3/h2-6,9,11,13,17,25H,7-8,10,12H2,1H3,(H,22,23)(H,24,26);1H,(H,2,3)/t17-;/m0./s1. The Bertz CT molecular complexity index is 1020. The lowest BCUT2D eigenvalue weighted by atomic mass is 10.1. The molecule has 0 aliphatic rings. The van der Waals surface area contributed by atoms with Gasteiger partial charge < -0.3 is 24.9 Å². The molecule has 0 bridgehead atoms. The number of rotatable bonds is 8. The third-order valence-electron chi connectivity index (χ3n) is 4.51. The van der Waals surface area contributed by atoms with Crippen LogP contribution in [0.4, 0.5) is 0 Å². The van der Waals surface area contributed by atoms with E-state index in [-0.39, 0.29) is 18.6 Å². The number of amides is 1. The van der Waals surface area contributed by atoms with Crippen LogP contribution in [0.1, 0.15) is 32.9 Å². The van der Waals surface area contributed by atoms with Gasteiger partial charge in [0.05, 0.1) is 19.0 Å². The lowest BCUT2D eigenvalue weighted by molar-refractivity contribution is -0.122. The van der Waals surface area contributed by atoms with Gasteiger partial charge in [0.1, 0.15) is 11.3 Å². The van der Waals surface area contributed by atoms with Crippen LogP contribution in [-0.4, -0.2) is 45.2 Å². The summed E-state index contributed by atoms with van der Waals surface area (Å²) in [7, 11) is 0. The van der Waals surface area contributed by atoms with Crippen molar-refractivity contribution in [2.24, 2.45) is 0 Å². The van der Waals surface area contributed by atoms with Crippen LogP contribution in [0.25, 0.3) is 0 Å². The second kappa shape index (κ2) is 12.1. The Morgan fingerprint density at radius 2 is 2.00 bits per heavy atom. The van der Waals surface area contributed by atoms with E-state index in [1.807, 2.05) is 30.3 Å². The summed E-state index contributed by atoms with van der Waals surface area (Å²) in [5, 5.41) is 19.1. The molecule has 0 saturated carbocycles. The number of carbonyl (C=O) groups excluding carboxylic acids is 1. The Balaban J connectivity index is 0.00000107. The van der Waals surface area contributed by atoms with Gasteiger partial charge in [-0.3, -0.25) is 9.59 Å². The molecule has 1 aromatic carbocycles. The summed E-state index contributed by atoms with van der Waals surface area (Å²) in [5.74, 6) is -0.0153. The Hall–Kier alpha value is -3.72. The van der Waals surface area contributed by atoms with Crippen molar-refractivity contribution in [3.8, 4) is 0 Å². The Morgan fingerprint density at radius 3 is 2.58 bits per heavy atom. The van der Waals surface area contributed by atoms with Gasteiger partial charge in [0, 0.05) is 24.7 Å². The van der Waals surface area contributed by atoms with E-state index in [1.54, 1.807) is 19.2 Å². The van der Waals surface area contributed by atoms with Gasteiger partial charge in [0.25, 0.3) is 12.4 Å². The summed E-state index contributed by atoms with van der Waals surface area (Å²) in [5.41, 5.74) is 1.77. The van der Waals surface area contributed by atoms with E-state index < -0.39 is 17.6 Å². The summed E-state index contributed by atoms with van der Waals surface area (Å²) in [6, 6.07) is 11.1. The van der Waals surface area contributed by atoms with Crippen LogP contribution in [0, 0.1) is 6.92 Å². The van der Waals surface area contributed by atoms with Crippen LogP contribution in [0.2, 0.25) is 0 Å². The molecule has 4 N–H and O–H groups in total. The highest BCUT2D eigenvalue weighted by Crippen LogP contribution is 2.11. The Labute approximate surface area is 178 Å². The maximum absolute atomic E-state index is 12.6. The molecule has 2 aromatic heterocycles. The molecule has 0 aliphatic carbocycles. The second-order valence-electron chi connectivity index (χ2n) is 6.78. The third kappa shape index (κ3) is 7.23. The van der Waals surface area contributed by atoms with E-state index in [9.17, 15) is 14.7 Å². The SMILES string of the molecule is Cc1cc(CCc2ccccc2)oc(=O)c1C(=O)N[C@H](CO)Cc1cnc[nH]1.O=CO. The number of aromatic nitrogens is 2. The molecule has 0 saturated heterocycles. The monoisotopic (exact) mass is 427 g/mol. The first-order valence-corrected chi connectivity index (χ1v) is 9.62. The molecular formula is C22H25N3O6. The largest absolute Gasteiger partial charge is 0.483 e. The maximum Gasteiger partial charge on any atom is 0.349 e. The molecule has 0 aliphatic heterocycles. The van der Waals surface area contributed by atoms with Gasteiger partial charge in [-0.25, -0.2) is 9.78 Å². The van der Waals surface area contributed by atoms with Crippen molar-refractivity contribution in [2.45, 2.75) is 32.2 Å². The number of nitrogens with one attached hydrogen (secondary N) is 2. The molecule has 0 radical (unpaired) electrons. The fourth-order valence-corrected chi connectivity index (χ4v) is 3.06. The summed E-state index contributed by atoms with van der Waals surface area (Å²) in [6.45, 7) is 1.20. The molecular weight excluding hydrogens is 402 g/mol. The predicted molar refractivity (Wildman–Crippen MR) is 113 cm³/mol. The maximum atomic E-state index is 12.6. The zero-order chi connectivity index (χ0) is 22.6. The van der Waals surface area contributed by atoms with Crippen molar-refractivity contribution < 1.29 is 24.2 Å². The number of hydrogen-bond donors (Lipinski definition) is 4. The molecule has 9 heteroatoms. The molecule has 2 heterocycles. The summed E-state index contributed by atoms with van der Waals surface area (Å²) in [6.07, 6.45) is 4.84. The first-order chi connectivity index (χ1) is 15.0. The predicted octanol–water partition coefficient (Wildman–Crippen LogP) is 1.49. The van der Waals surface area contributed by atoms with Crippen LogP contribution < -0.4 is 10.9 Å². The van der Waals surface area contributed by atoms with Crippen LogP contribution in [-0.2, 0) is 24.1 Å². The molecule has 3 aromatic rings. The number of carbonyl (C=O) groups is 2. The molecule has 31 heavy (non-hydrogen) atoms. The third-order valence-corrected chi connectivity index (χ3v) is 4.51. The molecule has 9 nitrogen and oxygen atoms in total. The van der Waals surface area contributed by atoms with E-state index in [2.05, 4.69) is 15.3 Å². The quantitative estimate of drug-likeness (QED) is 0.398. The molecule has 0 unspecified atom stereocenters. The Morgan fingerprint density at radius 1 is 1.29 bits per heavy atom. The normalized spacial score (nSPS) is 11.2. The first kappa shape index (κ1) is 23.6. The summed E-state index contributed by atoms with van der Waals surface area (Å²) >= 11 is 0. The number of carboxylic acid groups (broad SMARTS) is 1. The molecule has 0 spiro atoms. The number of aliphatic hydroxyl groups is 1. The minimum Gasteiger partial charge on any atom is -0.483 e. The number of aliphatic hydroxyl groups excluding tert-OH is 1. The number of H-pyrrole nitrogens is 1. The van der Waals surface area contributed by atoms with Crippen LogP contribution in [0.3, 0.4) is 0 Å². The van der Waals surface area contributed by atoms with Crippen LogP contribution in [0.15, 0.2) is 58.1 Å². The van der Waals surface area contributed by atoms with Crippen LogP contribution >= 0.6 is 0 Å². The lowest BCUT2D eigenvalue weighted by Gasteiger charge is -2.16. The van der Waals surface area contributed by atoms with Gasteiger partial charge >= 0.3 is 5.63 Å². The van der Waals surface area contributed by atoms with E-state index in [0.29, 0.717) is 24.2 Å². The molecule has 1 amide bonds. The minimum atomic E-state index is -0.668. The number of aryl methyl sites for hydroxylation is 3. The number of imidazole rings is 1. The van der Waals surface area contributed by atoms with E-state index in [4.69, 9.17) is 14.3 Å². The highest BCUT2D eigenvalue weighted by atomic mass is 16.4. The zero-order valence-electron chi connectivity index (χ0n) is 17.1. The minimum absolute atomic E-state index is 0.0356. The smallest absolute Gasteiger partial charge is 0.349 e. The second-order valence-corrected chi connectivity index (χ2v) is 6.78. The number of hydrogen-bond acceptors (Lipinski definition) is 6. The van der Waals surface area contributed by atoms with Gasteiger partial charge in [-0.1, -0.05) is 30.3 Å². The highest BCUT2D eigenvalue weighted by molar-refractivity contribution is 5.95. The highest BCUT2D eigenvalue weighted by Gasteiger charge is 2.20. The number of benzene rings is 1. The van der Waals surface area contributed by atoms with E-state index in [1.165, 1.54) is 6.33 Å².